The second-order valence-electron chi connectivity index (χ2n) is 11.8. The molecule has 3 atom stereocenters. The van der Waals surface area contributed by atoms with E-state index in [-0.39, 0.29) is 23.0 Å². The summed E-state index contributed by atoms with van der Waals surface area (Å²) in [7, 11) is 0. The number of aliphatic hydroxyl groups excluding tert-OH is 1. The monoisotopic (exact) mass is 525 g/mol. The zero-order chi connectivity index (χ0) is 26.9. The molecule has 7 nitrogen and oxygen atoms in total. The van der Waals surface area contributed by atoms with E-state index >= 15 is 0 Å². The highest BCUT2D eigenvalue weighted by Crippen LogP contribution is 2.37. The molecule has 5 rings (SSSR count). The highest BCUT2D eigenvalue weighted by atomic mass is 19.1. The minimum atomic E-state index is -1.08. The molecule has 2 aromatic carbocycles. The van der Waals surface area contributed by atoms with E-state index in [9.17, 15) is 14.3 Å². The van der Waals surface area contributed by atoms with E-state index in [1.165, 1.54) is 11.6 Å². The SMILES string of the molecule is CC(C)(C)c1ccc(N2CCC(C(=O)NC(CN3CCCC3)C(O)c3cc(F)c4c(c3)OCCO4)C2)cc1. The van der Waals surface area contributed by atoms with Crippen LogP contribution in [0.5, 0.6) is 11.5 Å². The average molecular weight is 526 g/mol. The molecule has 2 fully saturated rings. The minimum Gasteiger partial charge on any atom is -0.486 e. The number of rotatable bonds is 7. The Morgan fingerprint density at radius 2 is 1.82 bits per heavy atom. The van der Waals surface area contributed by atoms with Crippen molar-refractivity contribution in [3.05, 3.63) is 53.3 Å². The van der Waals surface area contributed by atoms with Gasteiger partial charge in [0.1, 0.15) is 19.3 Å². The lowest BCUT2D eigenvalue weighted by atomic mass is 9.87. The van der Waals surface area contributed by atoms with Crippen LogP contribution in [0.15, 0.2) is 36.4 Å². The number of amides is 1. The summed E-state index contributed by atoms with van der Waals surface area (Å²) in [5.74, 6) is -0.441. The van der Waals surface area contributed by atoms with Crippen molar-refractivity contribution in [2.24, 2.45) is 5.92 Å². The number of fused-ring (bicyclic) bond motifs is 1. The molecule has 3 aliphatic rings. The molecule has 2 N–H and O–H groups in total. The number of carbonyl (C=O) groups is 1. The summed E-state index contributed by atoms with van der Waals surface area (Å²) in [5.41, 5.74) is 2.87. The van der Waals surface area contributed by atoms with Crippen molar-refractivity contribution in [3.8, 4) is 11.5 Å². The topological polar surface area (TPSA) is 74.3 Å². The standard InChI is InChI=1S/C30H40FN3O4/c1-30(2,3)22-6-8-23(9-7-22)34-13-10-20(18-34)29(36)32-25(19-33-11-4-5-12-33)27(35)21-16-24(31)28-26(17-21)37-14-15-38-28/h6-9,16-17,20,25,27,35H,4-5,10-15,18-19H2,1-3H3,(H,32,36). The number of nitrogens with zero attached hydrogens (tertiary/aromatic N) is 2. The summed E-state index contributed by atoms with van der Waals surface area (Å²) in [6.07, 6.45) is 1.87. The maximum atomic E-state index is 14.7. The van der Waals surface area contributed by atoms with E-state index in [1.807, 2.05) is 0 Å². The third kappa shape index (κ3) is 5.91. The van der Waals surface area contributed by atoms with Crippen LogP contribution in [0.4, 0.5) is 10.1 Å². The number of anilines is 1. The summed E-state index contributed by atoms with van der Waals surface area (Å²) >= 11 is 0. The number of likely N-dealkylation sites (tertiary alicyclic amines) is 1. The second-order valence-corrected chi connectivity index (χ2v) is 11.8. The lowest BCUT2D eigenvalue weighted by Crippen LogP contribution is -2.48. The third-order valence-corrected chi connectivity index (χ3v) is 7.98. The number of hydrogen-bond acceptors (Lipinski definition) is 6. The minimum absolute atomic E-state index is 0.0694. The number of hydrogen-bond donors (Lipinski definition) is 2. The first kappa shape index (κ1) is 26.8. The van der Waals surface area contributed by atoms with Crippen molar-refractivity contribution in [2.75, 3.05) is 50.8 Å². The van der Waals surface area contributed by atoms with Gasteiger partial charge in [-0.2, -0.15) is 0 Å². The van der Waals surface area contributed by atoms with Crippen LogP contribution in [0.2, 0.25) is 0 Å². The molecule has 3 unspecified atom stereocenters. The van der Waals surface area contributed by atoms with Gasteiger partial charge >= 0.3 is 0 Å². The summed E-state index contributed by atoms with van der Waals surface area (Å²) in [6.45, 7) is 11.0. The Morgan fingerprint density at radius 3 is 2.53 bits per heavy atom. The molecule has 1 amide bonds. The molecule has 3 heterocycles. The van der Waals surface area contributed by atoms with Gasteiger partial charge in [0.05, 0.1) is 12.0 Å². The number of benzene rings is 2. The van der Waals surface area contributed by atoms with Crippen LogP contribution in [-0.2, 0) is 10.2 Å². The highest BCUT2D eigenvalue weighted by Gasteiger charge is 2.34. The maximum absolute atomic E-state index is 14.7. The molecule has 0 saturated carbocycles. The molecule has 38 heavy (non-hydrogen) atoms. The number of nitrogens with one attached hydrogen (secondary N) is 1. The van der Waals surface area contributed by atoms with Gasteiger partial charge in [0, 0.05) is 25.3 Å². The van der Waals surface area contributed by atoms with Gasteiger partial charge in [-0.1, -0.05) is 32.9 Å². The molecule has 8 heteroatoms. The first-order chi connectivity index (χ1) is 18.2. The van der Waals surface area contributed by atoms with Gasteiger partial charge in [0.2, 0.25) is 5.91 Å². The summed E-state index contributed by atoms with van der Waals surface area (Å²) in [6, 6.07) is 11.0. The Balaban J connectivity index is 1.28. The van der Waals surface area contributed by atoms with Crippen molar-refractivity contribution in [2.45, 2.75) is 57.6 Å². The molecule has 0 aliphatic carbocycles. The lowest BCUT2D eigenvalue weighted by molar-refractivity contribution is -0.126. The molecule has 0 spiro atoms. The smallest absolute Gasteiger partial charge is 0.225 e. The van der Waals surface area contributed by atoms with Crippen LogP contribution < -0.4 is 19.7 Å². The Morgan fingerprint density at radius 1 is 1.11 bits per heavy atom. The summed E-state index contributed by atoms with van der Waals surface area (Å²) in [5, 5.41) is 14.5. The van der Waals surface area contributed by atoms with E-state index in [4.69, 9.17) is 9.47 Å². The van der Waals surface area contributed by atoms with Crippen molar-refractivity contribution in [3.63, 3.8) is 0 Å². The van der Waals surface area contributed by atoms with Gasteiger partial charge in [-0.15, -0.1) is 0 Å². The lowest BCUT2D eigenvalue weighted by Gasteiger charge is -2.30. The first-order valence-electron chi connectivity index (χ1n) is 13.8. The molecular formula is C30H40FN3O4. The van der Waals surface area contributed by atoms with Crippen LogP contribution in [0.3, 0.4) is 0 Å². The fourth-order valence-electron chi connectivity index (χ4n) is 5.68. The van der Waals surface area contributed by atoms with Gasteiger partial charge in [-0.3, -0.25) is 4.79 Å². The van der Waals surface area contributed by atoms with Crippen molar-refractivity contribution in [1.82, 2.24) is 10.2 Å². The third-order valence-electron chi connectivity index (χ3n) is 7.98. The summed E-state index contributed by atoms with van der Waals surface area (Å²) in [4.78, 5) is 17.9. The van der Waals surface area contributed by atoms with Crippen LogP contribution >= 0.6 is 0 Å². The van der Waals surface area contributed by atoms with E-state index in [0.717, 1.165) is 44.6 Å². The first-order valence-corrected chi connectivity index (χ1v) is 13.8. The predicted octanol–water partition coefficient (Wildman–Crippen LogP) is 4.03. The molecule has 2 aromatic rings. The Bertz CT molecular complexity index is 1130. The maximum Gasteiger partial charge on any atom is 0.225 e. The van der Waals surface area contributed by atoms with E-state index in [2.05, 4.69) is 60.2 Å². The van der Waals surface area contributed by atoms with Crippen molar-refractivity contribution in [1.29, 1.82) is 0 Å². The molecule has 0 bridgehead atoms. The van der Waals surface area contributed by atoms with Crippen LogP contribution in [0, 0.1) is 11.7 Å². The quantitative estimate of drug-likeness (QED) is 0.569. The number of halogens is 1. The van der Waals surface area contributed by atoms with Gasteiger partial charge in [-0.05, 0) is 73.2 Å². The van der Waals surface area contributed by atoms with Crippen molar-refractivity contribution >= 4 is 11.6 Å². The number of carbonyl (C=O) groups excluding carboxylic acids is 1. The molecule has 3 aliphatic heterocycles. The fraction of sp³-hybridized carbons (Fsp3) is 0.567. The number of ether oxygens (including phenoxy) is 2. The highest BCUT2D eigenvalue weighted by molar-refractivity contribution is 5.80. The second kappa shape index (κ2) is 11.1. The van der Waals surface area contributed by atoms with E-state index in [1.54, 1.807) is 6.07 Å². The van der Waals surface area contributed by atoms with Crippen molar-refractivity contribution < 1.29 is 23.8 Å². The zero-order valence-electron chi connectivity index (χ0n) is 22.7. The summed E-state index contributed by atoms with van der Waals surface area (Å²) < 4.78 is 25.7. The van der Waals surface area contributed by atoms with Gasteiger partial charge in [-0.25, -0.2) is 4.39 Å². The van der Waals surface area contributed by atoms with Gasteiger partial charge < -0.3 is 29.7 Å². The Labute approximate surface area is 224 Å². The van der Waals surface area contributed by atoms with Crippen LogP contribution in [-0.4, -0.2) is 67.9 Å². The van der Waals surface area contributed by atoms with Gasteiger partial charge in [0.15, 0.2) is 17.3 Å². The predicted molar refractivity (Wildman–Crippen MR) is 145 cm³/mol. The Hall–Kier alpha value is -2.84. The molecule has 2 saturated heterocycles. The Kier molecular flexibility index (Phi) is 7.82. The van der Waals surface area contributed by atoms with E-state index in [0.29, 0.717) is 37.6 Å². The molecular weight excluding hydrogens is 485 g/mol. The largest absolute Gasteiger partial charge is 0.486 e. The van der Waals surface area contributed by atoms with Crippen LogP contribution in [0.1, 0.15) is 57.3 Å². The normalized spacial score (nSPS) is 21.4. The number of aliphatic hydroxyl groups is 1. The zero-order valence-corrected chi connectivity index (χ0v) is 22.7. The van der Waals surface area contributed by atoms with Crippen LogP contribution in [0.25, 0.3) is 0 Å². The van der Waals surface area contributed by atoms with E-state index < -0.39 is 18.0 Å². The van der Waals surface area contributed by atoms with Gasteiger partial charge in [0.25, 0.3) is 0 Å². The molecule has 0 radical (unpaired) electrons. The molecule has 0 aromatic heterocycles. The molecule has 206 valence electrons. The average Bonchev–Trinajstić information content (AvgIpc) is 3.60. The fourth-order valence-corrected chi connectivity index (χ4v) is 5.68.